The summed E-state index contributed by atoms with van der Waals surface area (Å²) in [4.78, 5) is 12.5. The van der Waals surface area contributed by atoms with Crippen LogP contribution < -0.4 is 9.47 Å². The average Bonchev–Trinajstić information content (AvgIpc) is 2.85. The number of esters is 1. The van der Waals surface area contributed by atoms with E-state index in [1.165, 1.54) is 12.8 Å². The second-order valence-electron chi connectivity index (χ2n) is 8.65. The van der Waals surface area contributed by atoms with Crippen LogP contribution >= 0.6 is 0 Å². The minimum atomic E-state index is -1.48. The Balaban J connectivity index is 1.52. The van der Waals surface area contributed by atoms with Gasteiger partial charge in [0, 0.05) is 11.1 Å². The molecule has 4 rings (SSSR count). The Hall–Kier alpha value is -3.35. The van der Waals surface area contributed by atoms with E-state index in [4.69, 9.17) is 4.74 Å². The molecule has 0 bridgehead atoms. The summed E-state index contributed by atoms with van der Waals surface area (Å²) in [7, 11) is 1.16. The normalized spacial score (nSPS) is 17.9. The number of rotatable bonds is 5. The van der Waals surface area contributed by atoms with Gasteiger partial charge >= 0.3 is 5.97 Å². The molecule has 1 aliphatic carbocycles. The molecule has 7 heteroatoms. The summed E-state index contributed by atoms with van der Waals surface area (Å²) < 4.78 is 67.4. The zero-order valence-electron chi connectivity index (χ0n) is 18.8. The molecule has 3 aromatic carbocycles. The highest BCUT2D eigenvalue weighted by atomic mass is 19.2. The van der Waals surface area contributed by atoms with Crippen LogP contribution in [0.3, 0.4) is 0 Å². The van der Waals surface area contributed by atoms with Crippen molar-refractivity contribution in [3.8, 4) is 22.6 Å². The Morgan fingerprint density at radius 3 is 1.82 bits per heavy atom. The Labute approximate surface area is 195 Å². The summed E-state index contributed by atoms with van der Waals surface area (Å²) in [5.74, 6) is -6.32. The molecule has 0 spiro atoms. The zero-order chi connectivity index (χ0) is 24.4. The lowest BCUT2D eigenvalue weighted by Gasteiger charge is -2.26. The van der Waals surface area contributed by atoms with Crippen LogP contribution in [0.4, 0.5) is 17.6 Å². The number of hydrogen-bond donors (Lipinski definition) is 0. The van der Waals surface area contributed by atoms with Crippen molar-refractivity contribution in [1.82, 2.24) is 0 Å². The Morgan fingerprint density at radius 1 is 0.735 bits per heavy atom. The standard InChI is InChI=1S/C27H24F4O3/c1-15-3-5-16(6-4-15)17-7-9-18(10-8-17)27(32)34-22-14-12-20(24(29)26(22)31)19-11-13-21(33-2)25(30)23(19)28/h7-16H,3-6H2,1-2H3. The van der Waals surface area contributed by atoms with Crippen molar-refractivity contribution in [2.75, 3.05) is 7.11 Å². The number of halogens is 4. The van der Waals surface area contributed by atoms with Gasteiger partial charge < -0.3 is 9.47 Å². The lowest BCUT2D eigenvalue weighted by molar-refractivity contribution is 0.0726. The average molecular weight is 472 g/mol. The summed E-state index contributed by atoms with van der Waals surface area (Å²) in [6.07, 6.45) is 4.53. The maximum atomic E-state index is 14.7. The summed E-state index contributed by atoms with van der Waals surface area (Å²) in [5, 5.41) is 0. The fourth-order valence-electron chi connectivity index (χ4n) is 4.36. The van der Waals surface area contributed by atoms with Crippen LogP contribution in [0.2, 0.25) is 0 Å². The van der Waals surface area contributed by atoms with E-state index in [9.17, 15) is 22.4 Å². The van der Waals surface area contributed by atoms with Gasteiger partial charge in [-0.1, -0.05) is 31.9 Å². The van der Waals surface area contributed by atoms with Crippen LogP contribution in [0.5, 0.6) is 11.5 Å². The third kappa shape index (κ3) is 4.65. The van der Waals surface area contributed by atoms with E-state index in [1.54, 1.807) is 12.1 Å². The van der Waals surface area contributed by atoms with E-state index in [1.807, 2.05) is 12.1 Å². The maximum absolute atomic E-state index is 14.7. The second-order valence-corrected chi connectivity index (χ2v) is 8.65. The van der Waals surface area contributed by atoms with E-state index in [2.05, 4.69) is 11.7 Å². The molecule has 0 N–H and O–H groups in total. The molecule has 0 aliphatic heterocycles. The molecular formula is C27H24F4O3. The summed E-state index contributed by atoms with van der Waals surface area (Å²) in [6, 6.07) is 11.1. The fourth-order valence-corrected chi connectivity index (χ4v) is 4.36. The van der Waals surface area contributed by atoms with Crippen molar-refractivity contribution in [2.24, 2.45) is 5.92 Å². The summed E-state index contributed by atoms with van der Waals surface area (Å²) in [6.45, 7) is 2.25. The van der Waals surface area contributed by atoms with Crippen molar-refractivity contribution in [2.45, 2.75) is 38.5 Å². The molecule has 0 amide bonds. The monoisotopic (exact) mass is 472 g/mol. The van der Waals surface area contributed by atoms with Gasteiger partial charge in [-0.3, -0.25) is 0 Å². The van der Waals surface area contributed by atoms with E-state index in [0.29, 0.717) is 5.92 Å². The molecule has 0 radical (unpaired) electrons. The number of hydrogen-bond acceptors (Lipinski definition) is 3. The molecule has 0 heterocycles. The fraction of sp³-hybridized carbons (Fsp3) is 0.296. The van der Waals surface area contributed by atoms with Crippen LogP contribution in [0.25, 0.3) is 11.1 Å². The highest BCUT2D eigenvalue weighted by Crippen LogP contribution is 2.36. The first-order valence-corrected chi connectivity index (χ1v) is 11.1. The third-order valence-corrected chi connectivity index (χ3v) is 6.44. The molecule has 1 saturated carbocycles. The van der Waals surface area contributed by atoms with Crippen molar-refractivity contribution >= 4 is 5.97 Å². The van der Waals surface area contributed by atoms with E-state index in [0.717, 1.165) is 55.7 Å². The quantitative estimate of drug-likeness (QED) is 0.220. The first-order valence-electron chi connectivity index (χ1n) is 11.1. The molecule has 0 saturated heterocycles. The van der Waals surface area contributed by atoms with Crippen molar-refractivity contribution in [1.29, 1.82) is 0 Å². The first kappa shape index (κ1) is 23.8. The molecule has 0 unspecified atom stereocenters. The second kappa shape index (κ2) is 9.87. The first-order chi connectivity index (χ1) is 16.3. The van der Waals surface area contributed by atoms with Crippen LogP contribution in [-0.4, -0.2) is 13.1 Å². The van der Waals surface area contributed by atoms with Gasteiger partial charge in [-0.25, -0.2) is 13.6 Å². The molecule has 1 fully saturated rings. The minimum absolute atomic E-state index is 0.195. The number of methoxy groups -OCH3 is 1. The summed E-state index contributed by atoms with van der Waals surface area (Å²) in [5.41, 5.74) is 0.335. The maximum Gasteiger partial charge on any atom is 0.343 e. The smallest absolute Gasteiger partial charge is 0.343 e. The van der Waals surface area contributed by atoms with Gasteiger partial charge in [0.2, 0.25) is 11.6 Å². The largest absolute Gasteiger partial charge is 0.494 e. The molecule has 178 valence electrons. The van der Waals surface area contributed by atoms with Gasteiger partial charge in [-0.15, -0.1) is 0 Å². The Kier molecular flexibility index (Phi) is 6.91. The topological polar surface area (TPSA) is 35.5 Å². The highest BCUT2D eigenvalue weighted by molar-refractivity contribution is 5.91. The number of benzene rings is 3. The number of carbonyl (C=O) groups excluding carboxylic acids is 1. The lowest BCUT2D eigenvalue weighted by atomic mass is 9.79. The Bertz CT molecular complexity index is 1200. The van der Waals surface area contributed by atoms with Crippen LogP contribution in [0.15, 0.2) is 48.5 Å². The van der Waals surface area contributed by atoms with Gasteiger partial charge in [-0.2, -0.15) is 8.78 Å². The third-order valence-electron chi connectivity index (χ3n) is 6.44. The minimum Gasteiger partial charge on any atom is -0.494 e. The van der Waals surface area contributed by atoms with Crippen molar-refractivity contribution in [3.63, 3.8) is 0 Å². The van der Waals surface area contributed by atoms with Crippen LogP contribution in [0, 0.1) is 29.2 Å². The van der Waals surface area contributed by atoms with Crippen LogP contribution in [0.1, 0.15) is 54.4 Å². The molecule has 1 aliphatic rings. The van der Waals surface area contributed by atoms with Crippen molar-refractivity contribution < 1.29 is 31.8 Å². The van der Waals surface area contributed by atoms with E-state index >= 15 is 0 Å². The highest BCUT2D eigenvalue weighted by Gasteiger charge is 2.24. The molecule has 34 heavy (non-hydrogen) atoms. The number of carbonyl (C=O) groups is 1. The molecule has 3 nitrogen and oxygen atoms in total. The van der Waals surface area contributed by atoms with E-state index in [-0.39, 0.29) is 11.3 Å². The molecule has 0 atom stereocenters. The van der Waals surface area contributed by atoms with Gasteiger partial charge in [0.25, 0.3) is 0 Å². The SMILES string of the molecule is COc1ccc(-c2ccc(OC(=O)c3ccc(C4CCC(C)CC4)cc3)c(F)c2F)c(F)c1F. The Morgan fingerprint density at radius 2 is 1.26 bits per heavy atom. The van der Waals surface area contributed by atoms with E-state index < -0.39 is 46.1 Å². The molecule has 3 aromatic rings. The predicted molar refractivity (Wildman–Crippen MR) is 120 cm³/mol. The van der Waals surface area contributed by atoms with Gasteiger partial charge in [0.1, 0.15) is 0 Å². The van der Waals surface area contributed by atoms with Gasteiger partial charge in [0.15, 0.2) is 23.1 Å². The zero-order valence-corrected chi connectivity index (χ0v) is 18.8. The van der Waals surface area contributed by atoms with Crippen molar-refractivity contribution in [3.05, 3.63) is 82.9 Å². The number of ether oxygens (including phenoxy) is 2. The summed E-state index contributed by atoms with van der Waals surface area (Å²) >= 11 is 0. The van der Waals surface area contributed by atoms with Gasteiger partial charge in [0.05, 0.1) is 12.7 Å². The predicted octanol–water partition coefficient (Wildman–Crippen LogP) is 7.43. The van der Waals surface area contributed by atoms with Crippen LogP contribution in [-0.2, 0) is 0 Å². The molecule has 0 aromatic heterocycles. The molecular weight excluding hydrogens is 448 g/mol. The lowest BCUT2D eigenvalue weighted by Crippen LogP contribution is -2.12. The van der Waals surface area contributed by atoms with Gasteiger partial charge in [-0.05, 0) is 66.6 Å².